The molecule has 2 nitrogen and oxygen atoms in total. The van der Waals surface area contributed by atoms with Crippen molar-refractivity contribution in [2.75, 3.05) is 26.5 Å². The Hall–Kier alpha value is 0.270. The summed E-state index contributed by atoms with van der Waals surface area (Å²) in [5.74, 6) is 0. The molecule has 0 fully saturated rings. The fourth-order valence-electron chi connectivity index (χ4n) is 0.900. The molecule has 0 heterocycles. The largest absolute Gasteiger partial charge is 0.320 e. The molecule has 11 heavy (non-hydrogen) atoms. The Morgan fingerprint density at radius 1 is 1.18 bits per heavy atom. The van der Waals surface area contributed by atoms with Crippen LogP contribution in [0.1, 0.15) is 25.7 Å². The Bertz CT molecular complexity index is 63.1. The zero-order valence-electron chi connectivity index (χ0n) is 7.56. The minimum atomic E-state index is 0.903. The van der Waals surface area contributed by atoms with Crippen molar-refractivity contribution < 1.29 is 4.18 Å². The van der Waals surface area contributed by atoms with Crippen molar-refractivity contribution in [2.24, 2.45) is 0 Å². The summed E-state index contributed by atoms with van der Waals surface area (Å²) in [4.78, 5) is 0. The number of hydrogen-bond donors (Lipinski definition) is 1. The van der Waals surface area contributed by atoms with Gasteiger partial charge >= 0.3 is 0 Å². The molecule has 0 rings (SSSR count). The first kappa shape index (κ1) is 11.3. The van der Waals surface area contributed by atoms with Gasteiger partial charge < -0.3 is 9.50 Å². The number of hydrogen-bond acceptors (Lipinski definition) is 3. The summed E-state index contributed by atoms with van der Waals surface area (Å²) < 4.78 is 5.14. The summed E-state index contributed by atoms with van der Waals surface area (Å²) in [6.45, 7) is 2.05. The molecule has 0 amide bonds. The first-order chi connectivity index (χ1) is 5.41. The average Bonchev–Trinajstić information content (AvgIpc) is 2.03. The van der Waals surface area contributed by atoms with Crippen LogP contribution in [0.2, 0.25) is 0 Å². The SMILES string of the molecule is CNCCCCCCOSC. The third-order valence-corrected chi connectivity index (χ3v) is 1.92. The van der Waals surface area contributed by atoms with Gasteiger partial charge in [-0.2, -0.15) is 0 Å². The van der Waals surface area contributed by atoms with Crippen LogP contribution in [0, 0.1) is 0 Å². The highest BCUT2D eigenvalue weighted by Gasteiger charge is 1.88. The van der Waals surface area contributed by atoms with Crippen LogP contribution in [0.3, 0.4) is 0 Å². The molecule has 0 aliphatic carbocycles. The quantitative estimate of drug-likeness (QED) is 0.453. The fraction of sp³-hybridized carbons (Fsp3) is 1.00. The standard InChI is InChI=1S/C8H19NOS/c1-9-7-5-3-4-6-8-10-11-2/h9H,3-8H2,1-2H3. The molecule has 0 aromatic carbocycles. The highest BCUT2D eigenvalue weighted by atomic mass is 32.2. The Kier molecular flexibility index (Phi) is 10.5. The molecule has 0 aliphatic heterocycles. The Balaban J connectivity index is 2.69. The van der Waals surface area contributed by atoms with Crippen molar-refractivity contribution in [3.05, 3.63) is 0 Å². The van der Waals surface area contributed by atoms with E-state index in [1.54, 1.807) is 0 Å². The van der Waals surface area contributed by atoms with E-state index in [0.717, 1.165) is 13.2 Å². The van der Waals surface area contributed by atoms with Crippen LogP contribution >= 0.6 is 12.0 Å². The van der Waals surface area contributed by atoms with Gasteiger partial charge in [-0.25, -0.2) is 0 Å². The van der Waals surface area contributed by atoms with Gasteiger partial charge in [0.25, 0.3) is 0 Å². The second-order valence-corrected chi connectivity index (χ2v) is 3.08. The normalized spacial score (nSPS) is 10.4. The van der Waals surface area contributed by atoms with Crippen molar-refractivity contribution >= 4 is 12.0 Å². The predicted molar refractivity (Wildman–Crippen MR) is 51.9 cm³/mol. The molecule has 1 N–H and O–H groups in total. The van der Waals surface area contributed by atoms with Crippen molar-refractivity contribution in [3.8, 4) is 0 Å². The zero-order chi connectivity index (χ0) is 8.36. The van der Waals surface area contributed by atoms with Crippen molar-refractivity contribution in [2.45, 2.75) is 25.7 Å². The maximum absolute atomic E-state index is 5.14. The van der Waals surface area contributed by atoms with Gasteiger partial charge in [-0.15, -0.1) is 0 Å². The lowest BCUT2D eigenvalue weighted by molar-refractivity contribution is 0.357. The lowest BCUT2D eigenvalue weighted by Crippen LogP contribution is -2.06. The van der Waals surface area contributed by atoms with E-state index in [0.29, 0.717) is 0 Å². The van der Waals surface area contributed by atoms with Gasteiger partial charge in [-0.05, 0) is 38.5 Å². The van der Waals surface area contributed by atoms with E-state index in [4.69, 9.17) is 4.18 Å². The number of unbranched alkanes of at least 4 members (excludes halogenated alkanes) is 3. The molecule has 0 aliphatic rings. The van der Waals surface area contributed by atoms with E-state index in [1.165, 1.54) is 37.7 Å². The predicted octanol–water partition coefficient (Wildman–Crippen LogP) is 2.06. The zero-order valence-corrected chi connectivity index (χ0v) is 8.38. The summed E-state index contributed by atoms with van der Waals surface area (Å²) in [7, 11) is 2.00. The fourth-order valence-corrected chi connectivity index (χ4v) is 1.18. The van der Waals surface area contributed by atoms with E-state index in [1.807, 2.05) is 13.3 Å². The van der Waals surface area contributed by atoms with Crippen LogP contribution in [0.4, 0.5) is 0 Å². The molecule has 0 saturated heterocycles. The van der Waals surface area contributed by atoms with E-state index < -0.39 is 0 Å². The van der Waals surface area contributed by atoms with Crippen molar-refractivity contribution in [1.29, 1.82) is 0 Å². The van der Waals surface area contributed by atoms with Crippen molar-refractivity contribution in [3.63, 3.8) is 0 Å². The summed E-state index contributed by atoms with van der Waals surface area (Å²) in [5, 5.41) is 3.13. The number of nitrogens with one attached hydrogen (secondary N) is 1. The third-order valence-electron chi connectivity index (χ3n) is 1.52. The second-order valence-electron chi connectivity index (χ2n) is 2.51. The van der Waals surface area contributed by atoms with Gasteiger partial charge in [0.15, 0.2) is 0 Å². The van der Waals surface area contributed by atoms with Crippen LogP contribution in [0.15, 0.2) is 0 Å². The highest BCUT2D eigenvalue weighted by molar-refractivity contribution is 7.93. The summed E-state index contributed by atoms with van der Waals surface area (Å²) in [5.41, 5.74) is 0. The molecule has 0 aromatic heterocycles. The highest BCUT2D eigenvalue weighted by Crippen LogP contribution is 2.02. The summed E-state index contributed by atoms with van der Waals surface area (Å²) in [6.07, 6.45) is 7.06. The molecule has 0 atom stereocenters. The van der Waals surface area contributed by atoms with E-state index in [2.05, 4.69) is 5.32 Å². The minimum absolute atomic E-state index is 0.903. The molecule has 0 bridgehead atoms. The van der Waals surface area contributed by atoms with E-state index in [9.17, 15) is 0 Å². The molecular formula is C8H19NOS. The topological polar surface area (TPSA) is 21.3 Å². The first-order valence-corrected chi connectivity index (χ1v) is 5.37. The van der Waals surface area contributed by atoms with Gasteiger partial charge in [0.05, 0.1) is 6.61 Å². The molecule has 0 unspecified atom stereocenters. The van der Waals surface area contributed by atoms with Crippen LogP contribution in [-0.4, -0.2) is 26.5 Å². The molecule has 0 aromatic rings. The Morgan fingerprint density at radius 3 is 2.55 bits per heavy atom. The van der Waals surface area contributed by atoms with Crippen LogP contribution in [-0.2, 0) is 4.18 Å². The minimum Gasteiger partial charge on any atom is -0.320 e. The molecule has 68 valence electrons. The molecular weight excluding hydrogens is 158 g/mol. The lowest BCUT2D eigenvalue weighted by atomic mass is 10.2. The first-order valence-electron chi connectivity index (χ1n) is 4.22. The summed E-state index contributed by atoms with van der Waals surface area (Å²) >= 11 is 1.46. The van der Waals surface area contributed by atoms with Gasteiger partial charge in [-0.1, -0.05) is 12.8 Å². The Labute approximate surface area is 74.3 Å². The molecule has 3 heteroatoms. The van der Waals surface area contributed by atoms with E-state index >= 15 is 0 Å². The van der Waals surface area contributed by atoms with Gasteiger partial charge in [0.2, 0.25) is 0 Å². The van der Waals surface area contributed by atoms with Crippen LogP contribution in [0.25, 0.3) is 0 Å². The van der Waals surface area contributed by atoms with Gasteiger partial charge in [0, 0.05) is 6.26 Å². The van der Waals surface area contributed by atoms with Crippen LogP contribution in [0.5, 0.6) is 0 Å². The average molecular weight is 177 g/mol. The maximum Gasteiger partial charge on any atom is 0.0613 e. The molecule has 0 radical (unpaired) electrons. The molecule has 0 spiro atoms. The van der Waals surface area contributed by atoms with E-state index in [-0.39, 0.29) is 0 Å². The third kappa shape index (κ3) is 10.3. The Morgan fingerprint density at radius 2 is 1.91 bits per heavy atom. The second kappa shape index (κ2) is 10.3. The lowest BCUT2D eigenvalue weighted by Gasteiger charge is -2.00. The summed E-state index contributed by atoms with van der Waals surface area (Å²) in [6, 6.07) is 0. The van der Waals surface area contributed by atoms with Gasteiger partial charge in [0.1, 0.15) is 0 Å². The number of rotatable bonds is 8. The monoisotopic (exact) mass is 177 g/mol. The smallest absolute Gasteiger partial charge is 0.0613 e. The van der Waals surface area contributed by atoms with Crippen LogP contribution < -0.4 is 5.32 Å². The maximum atomic E-state index is 5.14. The van der Waals surface area contributed by atoms with Crippen molar-refractivity contribution in [1.82, 2.24) is 5.32 Å². The van der Waals surface area contributed by atoms with Gasteiger partial charge in [-0.3, -0.25) is 0 Å². The molecule has 0 saturated carbocycles.